The first-order chi connectivity index (χ1) is 15.6. The Balaban J connectivity index is 1.26. The van der Waals surface area contributed by atoms with Gasteiger partial charge < -0.3 is 19.7 Å². The van der Waals surface area contributed by atoms with Crippen molar-refractivity contribution in [2.45, 2.75) is 50.9 Å². The second-order valence-corrected chi connectivity index (χ2v) is 9.14. The zero-order chi connectivity index (χ0) is 21.8. The second-order valence-electron chi connectivity index (χ2n) is 9.14. The quantitative estimate of drug-likeness (QED) is 0.689. The molecule has 1 atom stereocenters. The van der Waals surface area contributed by atoms with Gasteiger partial charge in [-0.3, -0.25) is 19.7 Å². The average Bonchev–Trinajstić information content (AvgIpc) is 3.29. The van der Waals surface area contributed by atoms with Gasteiger partial charge in [0.25, 0.3) is 5.91 Å². The molecule has 0 radical (unpaired) electrons. The van der Waals surface area contributed by atoms with Crippen LogP contribution in [0.1, 0.15) is 52.4 Å². The maximum absolute atomic E-state index is 13.4. The molecule has 9 heteroatoms. The van der Waals surface area contributed by atoms with Crippen LogP contribution in [0.15, 0.2) is 24.4 Å². The zero-order valence-corrected chi connectivity index (χ0v) is 17.8. The number of carbonyl (C=O) groups excluding carboxylic acids is 3. The molecule has 2 N–H and O–H groups in total. The van der Waals surface area contributed by atoms with E-state index in [9.17, 15) is 14.4 Å². The first kappa shape index (κ1) is 19.5. The summed E-state index contributed by atoms with van der Waals surface area (Å²) in [5.74, 6) is 0.697. The number of hydrogen-bond acceptors (Lipinski definition) is 6. The van der Waals surface area contributed by atoms with Gasteiger partial charge in [-0.1, -0.05) is 18.2 Å². The monoisotopic (exact) mass is 434 g/mol. The third-order valence-electron chi connectivity index (χ3n) is 7.08. The minimum absolute atomic E-state index is 0.119. The molecule has 4 aliphatic rings. The van der Waals surface area contributed by atoms with Crippen molar-refractivity contribution < 1.29 is 14.4 Å². The smallest absolute Gasteiger partial charge is 0.255 e. The molecule has 166 valence electrons. The van der Waals surface area contributed by atoms with Crippen LogP contribution in [0.2, 0.25) is 0 Å². The molecule has 3 amide bonds. The highest BCUT2D eigenvalue weighted by Gasteiger charge is 2.40. The number of anilines is 1. The molecule has 0 aliphatic carbocycles. The lowest BCUT2D eigenvalue weighted by molar-refractivity contribution is -0.136. The number of piperidine rings is 1. The molecule has 1 unspecified atom stereocenters. The van der Waals surface area contributed by atoms with Gasteiger partial charge in [0.05, 0.1) is 5.69 Å². The lowest BCUT2D eigenvalue weighted by Crippen LogP contribution is -2.52. The predicted octanol–water partition coefficient (Wildman–Crippen LogP) is 0.741. The summed E-state index contributed by atoms with van der Waals surface area (Å²) in [4.78, 5) is 46.1. The van der Waals surface area contributed by atoms with Gasteiger partial charge in [0.2, 0.25) is 17.8 Å². The third kappa shape index (κ3) is 3.10. The van der Waals surface area contributed by atoms with Crippen LogP contribution in [-0.2, 0) is 29.2 Å². The van der Waals surface area contributed by atoms with Crippen molar-refractivity contribution in [3.63, 3.8) is 0 Å². The number of imidazole rings is 1. The molecule has 0 bridgehead atoms. The lowest BCUT2D eigenvalue weighted by Gasteiger charge is -2.30. The number of amides is 3. The van der Waals surface area contributed by atoms with Gasteiger partial charge in [-0.2, -0.15) is 0 Å². The van der Waals surface area contributed by atoms with Crippen molar-refractivity contribution in [2.75, 3.05) is 24.5 Å². The Morgan fingerprint density at radius 1 is 1.12 bits per heavy atom. The van der Waals surface area contributed by atoms with Gasteiger partial charge in [0.1, 0.15) is 6.04 Å². The minimum Gasteiger partial charge on any atom is -0.338 e. The van der Waals surface area contributed by atoms with Crippen LogP contribution >= 0.6 is 0 Å². The highest BCUT2D eigenvalue weighted by molar-refractivity contribution is 6.06. The van der Waals surface area contributed by atoms with Crippen LogP contribution in [0, 0.1) is 0 Å². The normalized spacial score (nSPS) is 23.1. The van der Waals surface area contributed by atoms with Gasteiger partial charge in [0.15, 0.2) is 0 Å². The molecule has 9 nitrogen and oxygen atoms in total. The Labute approximate surface area is 185 Å². The van der Waals surface area contributed by atoms with E-state index in [0.29, 0.717) is 31.0 Å². The molecular weight excluding hydrogens is 408 g/mol. The summed E-state index contributed by atoms with van der Waals surface area (Å²) in [6.45, 7) is 4.84. The molecule has 5 heterocycles. The van der Waals surface area contributed by atoms with E-state index in [-0.39, 0.29) is 24.1 Å². The van der Waals surface area contributed by atoms with E-state index in [1.807, 2.05) is 18.2 Å². The van der Waals surface area contributed by atoms with Gasteiger partial charge >= 0.3 is 0 Å². The number of aromatic nitrogens is 2. The molecule has 0 spiro atoms. The minimum atomic E-state index is -0.590. The standard InChI is InChI=1S/C23H26N6O3/c30-19-6-5-18(21(31)26-19)29-12-15-4-1-3-14(20(15)22(29)32)11-27-7-2-8-28-13-17(25-23(27)28)16-9-24-10-16/h1,3-4,13,16,18,24H,2,5-12H2,(H,26,30,31). The van der Waals surface area contributed by atoms with E-state index in [1.54, 1.807) is 4.90 Å². The summed E-state index contributed by atoms with van der Waals surface area (Å²) >= 11 is 0. The SMILES string of the molecule is O=C1CCC(N2Cc3cccc(CN4CCCn5cc(C6CNC6)nc54)c3C2=O)C(=O)N1. The number of aryl methyl sites for hydroxylation is 1. The molecule has 32 heavy (non-hydrogen) atoms. The predicted molar refractivity (Wildman–Crippen MR) is 116 cm³/mol. The maximum Gasteiger partial charge on any atom is 0.255 e. The first-order valence-corrected chi connectivity index (χ1v) is 11.4. The fourth-order valence-electron chi connectivity index (χ4n) is 5.25. The van der Waals surface area contributed by atoms with Crippen molar-refractivity contribution in [1.29, 1.82) is 0 Å². The molecule has 2 saturated heterocycles. The summed E-state index contributed by atoms with van der Waals surface area (Å²) in [5.41, 5.74) is 3.75. The summed E-state index contributed by atoms with van der Waals surface area (Å²) < 4.78 is 2.23. The van der Waals surface area contributed by atoms with E-state index < -0.39 is 6.04 Å². The molecule has 2 aromatic rings. The Morgan fingerprint density at radius 2 is 2.00 bits per heavy atom. The topological polar surface area (TPSA) is 99.6 Å². The van der Waals surface area contributed by atoms with Gasteiger partial charge in [-0.05, 0) is 24.0 Å². The van der Waals surface area contributed by atoms with E-state index in [2.05, 4.69) is 26.3 Å². The van der Waals surface area contributed by atoms with Crippen molar-refractivity contribution in [3.05, 3.63) is 46.8 Å². The van der Waals surface area contributed by atoms with E-state index >= 15 is 0 Å². The highest BCUT2D eigenvalue weighted by atomic mass is 16.2. The van der Waals surface area contributed by atoms with Crippen molar-refractivity contribution in [1.82, 2.24) is 25.1 Å². The third-order valence-corrected chi connectivity index (χ3v) is 7.08. The molecule has 1 aromatic heterocycles. The largest absolute Gasteiger partial charge is 0.338 e. The molecule has 2 fully saturated rings. The van der Waals surface area contributed by atoms with Gasteiger partial charge in [-0.15, -0.1) is 0 Å². The van der Waals surface area contributed by atoms with Crippen molar-refractivity contribution in [2.24, 2.45) is 0 Å². The fourth-order valence-corrected chi connectivity index (χ4v) is 5.25. The Morgan fingerprint density at radius 3 is 2.78 bits per heavy atom. The highest BCUT2D eigenvalue weighted by Crippen LogP contribution is 2.32. The van der Waals surface area contributed by atoms with E-state index in [4.69, 9.17) is 4.98 Å². The summed E-state index contributed by atoms with van der Waals surface area (Å²) in [7, 11) is 0. The molecule has 4 aliphatic heterocycles. The molecular formula is C23H26N6O3. The molecule has 1 aromatic carbocycles. The van der Waals surface area contributed by atoms with Crippen LogP contribution in [0.3, 0.4) is 0 Å². The van der Waals surface area contributed by atoms with Gasteiger partial charge in [0, 0.05) is 63.4 Å². The number of imide groups is 1. The van der Waals surface area contributed by atoms with Crippen LogP contribution in [0.5, 0.6) is 0 Å². The Hall–Kier alpha value is -3.20. The number of hydrogen-bond donors (Lipinski definition) is 2. The molecule has 0 saturated carbocycles. The summed E-state index contributed by atoms with van der Waals surface area (Å²) in [6.07, 6.45) is 3.86. The van der Waals surface area contributed by atoms with E-state index in [0.717, 1.165) is 55.4 Å². The molecule has 6 rings (SSSR count). The summed E-state index contributed by atoms with van der Waals surface area (Å²) in [6, 6.07) is 5.36. The zero-order valence-electron chi connectivity index (χ0n) is 17.8. The Bertz CT molecular complexity index is 1120. The number of benzene rings is 1. The summed E-state index contributed by atoms with van der Waals surface area (Å²) in [5, 5.41) is 5.68. The van der Waals surface area contributed by atoms with Crippen LogP contribution in [-0.4, -0.2) is 57.8 Å². The van der Waals surface area contributed by atoms with Crippen LogP contribution in [0.25, 0.3) is 0 Å². The van der Waals surface area contributed by atoms with Crippen molar-refractivity contribution in [3.8, 4) is 0 Å². The second kappa shape index (κ2) is 7.44. The van der Waals surface area contributed by atoms with Crippen molar-refractivity contribution >= 4 is 23.7 Å². The van der Waals surface area contributed by atoms with Crippen LogP contribution < -0.4 is 15.5 Å². The maximum atomic E-state index is 13.4. The number of nitrogens with zero attached hydrogens (tertiary/aromatic N) is 4. The average molecular weight is 435 g/mol. The number of fused-ring (bicyclic) bond motifs is 2. The Kier molecular flexibility index (Phi) is 4.53. The fraction of sp³-hybridized carbons (Fsp3) is 0.478. The number of nitrogens with one attached hydrogen (secondary N) is 2. The van der Waals surface area contributed by atoms with Crippen LogP contribution in [0.4, 0.5) is 5.95 Å². The van der Waals surface area contributed by atoms with E-state index in [1.165, 1.54) is 0 Å². The number of rotatable bonds is 4. The lowest BCUT2D eigenvalue weighted by atomic mass is 10.0. The van der Waals surface area contributed by atoms with Gasteiger partial charge in [-0.25, -0.2) is 4.98 Å². The number of carbonyl (C=O) groups is 3. The first-order valence-electron chi connectivity index (χ1n) is 11.4.